The van der Waals surface area contributed by atoms with Crippen LogP contribution in [0.15, 0.2) is 57.5 Å². The first kappa shape index (κ1) is 21.7. The van der Waals surface area contributed by atoms with Crippen molar-refractivity contribution < 1.29 is 28.6 Å². The summed E-state index contributed by atoms with van der Waals surface area (Å²) in [5.41, 5.74) is 1.24. The molecule has 2 aromatic rings. The number of furan rings is 1. The van der Waals surface area contributed by atoms with Gasteiger partial charge in [0.15, 0.2) is 0 Å². The van der Waals surface area contributed by atoms with Gasteiger partial charge in [0.25, 0.3) is 11.8 Å². The molecule has 8 nitrogen and oxygen atoms in total. The maximum absolute atomic E-state index is 12.7. The molecule has 2 amide bonds. The van der Waals surface area contributed by atoms with Crippen LogP contribution in [-0.2, 0) is 14.3 Å². The highest BCUT2D eigenvalue weighted by Gasteiger charge is 2.35. The molecule has 1 aromatic carbocycles. The highest BCUT2D eigenvalue weighted by atomic mass is 16.5. The van der Waals surface area contributed by atoms with Crippen molar-refractivity contribution >= 4 is 23.9 Å². The number of benzene rings is 1. The quantitative estimate of drug-likeness (QED) is 0.433. The zero-order valence-electron chi connectivity index (χ0n) is 17.0. The minimum Gasteiger partial charge on any atom is -0.462 e. The number of carbonyl (C=O) groups is 3. The number of nitriles is 1. The molecule has 1 aliphatic heterocycles. The number of aliphatic hydroxyl groups excluding tert-OH is 1. The molecule has 0 fully saturated rings. The lowest BCUT2D eigenvalue weighted by atomic mass is 9.95. The van der Waals surface area contributed by atoms with E-state index in [-0.39, 0.29) is 29.9 Å². The number of aliphatic hydroxyl groups is 1. The summed E-state index contributed by atoms with van der Waals surface area (Å²) in [6.07, 6.45) is 1.45. The Morgan fingerprint density at radius 2 is 2.03 bits per heavy atom. The summed E-state index contributed by atoms with van der Waals surface area (Å²) in [6, 6.07) is 11.9. The van der Waals surface area contributed by atoms with Crippen LogP contribution in [0.1, 0.15) is 30.0 Å². The molecule has 0 radical (unpaired) electrons. The standard InChI is InChI=1S/C23H20N2O6/c1-3-30-23(29)16-6-4-5-15(11-16)20-8-7-17(31-20)12-18-14(2)19(13-24)22(28)25(9-10-26)21(18)27/h4-8,11-12,26H,3,9-10H2,1-2H3/b18-12-. The first-order valence-corrected chi connectivity index (χ1v) is 9.58. The summed E-state index contributed by atoms with van der Waals surface area (Å²) in [5.74, 6) is -0.990. The fraction of sp³-hybridized carbons (Fsp3) is 0.217. The van der Waals surface area contributed by atoms with E-state index in [9.17, 15) is 19.6 Å². The first-order chi connectivity index (χ1) is 14.9. The van der Waals surface area contributed by atoms with Gasteiger partial charge >= 0.3 is 5.97 Å². The minimum absolute atomic E-state index is 0.130. The van der Waals surface area contributed by atoms with Gasteiger partial charge in [0, 0.05) is 11.1 Å². The summed E-state index contributed by atoms with van der Waals surface area (Å²) in [4.78, 5) is 37.9. The van der Waals surface area contributed by atoms with Crippen molar-refractivity contribution in [2.24, 2.45) is 0 Å². The van der Waals surface area contributed by atoms with E-state index in [0.717, 1.165) is 4.90 Å². The third kappa shape index (κ3) is 4.32. The predicted molar refractivity (Wildman–Crippen MR) is 110 cm³/mol. The van der Waals surface area contributed by atoms with Crippen LogP contribution in [0.4, 0.5) is 0 Å². The molecule has 8 heteroatoms. The van der Waals surface area contributed by atoms with Gasteiger partial charge in [-0.15, -0.1) is 0 Å². The Kier molecular flexibility index (Phi) is 6.48. The van der Waals surface area contributed by atoms with Gasteiger partial charge in [-0.2, -0.15) is 5.26 Å². The predicted octanol–water partition coefficient (Wildman–Crippen LogP) is 2.71. The Morgan fingerprint density at radius 3 is 2.71 bits per heavy atom. The average molecular weight is 420 g/mol. The largest absolute Gasteiger partial charge is 0.462 e. The second-order valence-corrected chi connectivity index (χ2v) is 6.66. The molecule has 0 unspecified atom stereocenters. The summed E-state index contributed by atoms with van der Waals surface area (Å²) in [7, 11) is 0. The number of rotatable bonds is 6. The molecule has 0 spiro atoms. The molecule has 0 saturated carbocycles. The SMILES string of the molecule is CCOC(=O)c1cccc(-c2ccc(/C=C3\C(=O)N(CCO)C(=O)C(C#N)=C3C)o2)c1. The zero-order valence-corrected chi connectivity index (χ0v) is 17.0. The van der Waals surface area contributed by atoms with E-state index in [1.807, 2.05) is 6.07 Å². The van der Waals surface area contributed by atoms with Crippen LogP contribution in [0.25, 0.3) is 17.4 Å². The monoisotopic (exact) mass is 420 g/mol. The van der Waals surface area contributed by atoms with Crippen LogP contribution < -0.4 is 0 Å². The van der Waals surface area contributed by atoms with Crippen molar-refractivity contribution in [3.05, 3.63) is 64.4 Å². The maximum atomic E-state index is 12.7. The number of esters is 1. The number of hydrogen-bond acceptors (Lipinski definition) is 7. The molecule has 158 valence electrons. The molecule has 0 aliphatic carbocycles. The van der Waals surface area contributed by atoms with Gasteiger partial charge < -0.3 is 14.3 Å². The first-order valence-electron chi connectivity index (χ1n) is 9.58. The van der Waals surface area contributed by atoms with E-state index in [0.29, 0.717) is 22.6 Å². The summed E-state index contributed by atoms with van der Waals surface area (Å²) < 4.78 is 10.8. The molecule has 3 rings (SSSR count). The van der Waals surface area contributed by atoms with E-state index < -0.39 is 24.4 Å². The molecule has 1 aromatic heterocycles. The van der Waals surface area contributed by atoms with Crippen LogP contribution in [0.5, 0.6) is 0 Å². The Morgan fingerprint density at radius 1 is 1.26 bits per heavy atom. The molecule has 0 atom stereocenters. The van der Waals surface area contributed by atoms with Gasteiger partial charge in [0.1, 0.15) is 23.2 Å². The Balaban J connectivity index is 1.97. The average Bonchev–Trinajstić information content (AvgIpc) is 3.24. The molecule has 0 bridgehead atoms. The smallest absolute Gasteiger partial charge is 0.338 e. The number of ether oxygens (including phenoxy) is 1. The molecular weight excluding hydrogens is 400 g/mol. The van der Waals surface area contributed by atoms with Crippen LogP contribution >= 0.6 is 0 Å². The lowest BCUT2D eigenvalue weighted by Gasteiger charge is -2.26. The van der Waals surface area contributed by atoms with E-state index >= 15 is 0 Å². The van der Waals surface area contributed by atoms with Crippen molar-refractivity contribution in [3.63, 3.8) is 0 Å². The topological polar surface area (TPSA) is 121 Å². The second kappa shape index (κ2) is 9.24. The third-order valence-corrected chi connectivity index (χ3v) is 4.72. The number of β-amino-alcohol motifs (C(OH)–C–C–N with tert-alkyl or cyclic N) is 1. The lowest BCUT2D eigenvalue weighted by molar-refractivity contribution is -0.141. The van der Waals surface area contributed by atoms with Crippen LogP contribution in [-0.4, -0.2) is 47.5 Å². The van der Waals surface area contributed by atoms with Crippen LogP contribution in [0, 0.1) is 11.3 Å². The van der Waals surface area contributed by atoms with Crippen molar-refractivity contribution in [1.82, 2.24) is 4.90 Å². The second-order valence-electron chi connectivity index (χ2n) is 6.66. The Bertz CT molecular complexity index is 1150. The molecule has 2 heterocycles. The number of nitrogens with zero attached hydrogens (tertiary/aromatic N) is 2. The molecule has 31 heavy (non-hydrogen) atoms. The van der Waals surface area contributed by atoms with Gasteiger partial charge in [-0.05, 0) is 49.8 Å². The van der Waals surface area contributed by atoms with E-state index in [1.165, 1.54) is 13.0 Å². The summed E-state index contributed by atoms with van der Waals surface area (Å²) in [5, 5.41) is 18.5. The highest BCUT2D eigenvalue weighted by Crippen LogP contribution is 2.29. The van der Waals surface area contributed by atoms with Crippen molar-refractivity contribution in [1.29, 1.82) is 5.26 Å². The number of imide groups is 1. The van der Waals surface area contributed by atoms with Crippen molar-refractivity contribution in [3.8, 4) is 17.4 Å². The number of carbonyl (C=O) groups excluding carboxylic acids is 3. The number of amides is 2. The van der Waals surface area contributed by atoms with Gasteiger partial charge in [-0.3, -0.25) is 14.5 Å². The Labute approximate surface area is 178 Å². The fourth-order valence-electron chi connectivity index (χ4n) is 3.17. The minimum atomic E-state index is -0.730. The lowest BCUT2D eigenvalue weighted by Crippen LogP contribution is -2.44. The normalized spacial score (nSPS) is 15.4. The Hall–Kier alpha value is -3.96. The van der Waals surface area contributed by atoms with E-state index in [1.54, 1.807) is 43.3 Å². The number of hydrogen-bond donors (Lipinski definition) is 1. The van der Waals surface area contributed by atoms with Gasteiger partial charge in [-0.1, -0.05) is 12.1 Å². The van der Waals surface area contributed by atoms with E-state index in [2.05, 4.69) is 0 Å². The van der Waals surface area contributed by atoms with Gasteiger partial charge in [0.2, 0.25) is 0 Å². The summed E-state index contributed by atoms with van der Waals surface area (Å²) in [6.45, 7) is 2.89. The highest BCUT2D eigenvalue weighted by molar-refractivity contribution is 6.19. The molecule has 1 aliphatic rings. The molecule has 1 N–H and O–H groups in total. The van der Waals surface area contributed by atoms with Gasteiger partial charge in [-0.25, -0.2) is 4.79 Å². The van der Waals surface area contributed by atoms with Gasteiger partial charge in [0.05, 0.1) is 25.3 Å². The molecule has 0 saturated heterocycles. The third-order valence-electron chi connectivity index (χ3n) is 4.72. The zero-order chi connectivity index (χ0) is 22.5. The van der Waals surface area contributed by atoms with Crippen molar-refractivity contribution in [2.45, 2.75) is 13.8 Å². The van der Waals surface area contributed by atoms with Crippen LogP contribution in [0.2, 0.25) is 0 Å². The van der Waals surface area contributed by atoms with E-state index in [4.69, 9.17) is 14.3 Å². The fourth-order valence-corrected chi connectivity index (χ4v) is 3.17. The van der Waals surface area contributed by atoms with Crippen LogP contribution in [0.3, 0.4) is 0 Å². The maximum Gasteiger partial charge on any atom is 0.338 e. The molecular formula is C23H20N2O6. The van der Waals surface area contributed by atoms with Crippen molar-refractivity contribution in [2.75, 3.05) is 19.8 Å². The summed E-state index contributed by atoms with van der Waals surface area (Å²) >= 11 is 0.